The summed E-state index contributed by atoms with van der Waals surface area (Å²) in [6.45, 7) is 0.626. The minimum absolute atomic E-state index is 0.272. The highest BCUT2D eigenvalue weighted by Crippen LogP contribution is 2.23. The van der Waals surface area contributed by atoms with E-state index in [2.05, 4.69) is 38.7 Å². The molecular weight excluding hydrogens is 321 g/mol. The summed E-state index contributed by atoms with van der Waals surface area (Å²) in [5.41, 5.74) is 2.02. The zero-order valence-corrected chi connectivity index (χ0v) is 12.5. The molecule has 0 aliphatic heterocycles. The van der Waals surface area contributed by atoms with E-state index in [1.807, 2.05) is 18.3 Å². The summed E-state index contributed by atoms with van der Waals surface area (Å²) < 4.78 is 21.8. The molecule has 0 amide bonds. The van der Waals surface area contributed by atoms with Crippen LogP contribution in [0.25, 0.3) is 10.9 Å². The summed E-state index contributed by atoms with van der Waals surface area (Å²) in [5, 5.41) is 1.17. The highest BCUT2D eigenvalue weighted by atomic mass is 79.9. The van der Waals surface area contributed by atoms with E-state index in [9.17, 15) is 4.39 Å². The Morgan fingerprint density at radius 1 is 1.15 bits per heavy atom. The van der Waals surface area contributed by atoms with Crippen LogP contribution < -0.4 is 4.74 Å². The van der Waals surface area contributed by atoms with Crippen LogP contribution in [0.2, 0.25) is 0 Å². The Balaban J connectivity index is 1.97. The molecule has 20 heavy (non-hydrogen) atoms. The van der Waals surface area contributed by atoms with Crippen molar-refractivity contribution in [3.8, 4) is 5.75 Å². The third kappa shape index (κ3) is 2.43. The summed E-state index contributed by atoms with van der Waals surface area (Å²) in [6.07, 6.45) is 2.01. The first-order valence-electron chi connectivity index (χ1n) is 6.24. The molecule has 2 nitrogen and oxygen atoms in total. The Hall–Kier alpha value is -1.81. The number of nitrogens with zero attached hydrogens (tertiary/aromatic N) is 1. The van der Waals surface area contributed by atoms with E-state index in [0.717, 1.165) is 15.6 Å². The van der Waals surface area contributed by atoms with Gasteiger partial charge in [0.1, 0.15) is 0 Å². The Morgan fingerprint density at radius 3 is 2.75 bits per heavy atom. The van der Waals surface area contributed by atoms with Crippen molar-refractivity contribution < 1.29 is 9.13 Å². The van der Waals surface area contributed by atoms with Gasteiger partial charge in [0.25, 0.3) is 0 Å². The monoisotopic (exact) mass is 333 g/mol. The normalized spacial score (nSPS) is 10.9. The number of halogens is 2. The fourth-order valence-electron chi connectivity index (χ4n) is 2.30. The van der Waals surface area contributed by atoms with E-state index >= 15 is 0 Å². The van der Waals surface area contributed by atoms with Crippen LogP contribution in [-0.4, -0.2) is 11.7 Å². The number of hydrogen-bond donors (Lipinski definition) is 0. The Labute approximate surface area is 124 Å². The highest BCUT2D eigenvalue weighted by Gasteiger charge is 2.06. The molecule has 0 fully saturated rings. The molecule has 0 aliphatic carbocycles. The molecule has 102 valence electrons. The first kappa shape index (κ1) is 13.2. The predicted octanol–water partition coefficient (Wildman–Crippen LogP) is 4.60. The van der Waals surface area contributed by atoms with Crippen LogP contribution in [-0.2, 0) is 6.54 Å². The van der Waals surface area contributed by atoms with Crippen LogP contribution in [0.1, 0.15) is 5.56 Å². The molecule has 0 unspecified atom stereocenters. The van der Waals surface area contributed by atoms with E-state index in [1.54, 1.807) is 6.07 Å². The van der Waals surface area contributed by atoms with Gasteiger partial charge >= 0.3 is 0 Å². The first-order chi connectivity index (χ1) is 9.67. The second kappa shape index (κ2) is 5.29. The molecule has 1 heterocycles. The summed E-state index contributed by atoms with van der Waals surface area (Å²) in [7, 11) is 1.47. The second-order valence-electron chi connectivity index (χ2n) is 4.62. The van der Waals surface area contributed by atoms with Crippen LogP contribution in [0.15, 0.2) is 53.1 Å². The SMILES string of the molecule is COc1ccc(Cn2ccc3ccc(Br)cc32)cc1F. The van der Waals surface area contributed by atoms with Crippen LogP contribution >= 0.6 is 15.9 Å². The van der Waals surface area contributed by atoms with Crippen molar-refractivity contribution in [2.75, 3.05) is 7.11 Å². The number of benzene rings is 2. The number of fused-ring (bicyclic) bond motifs is 1. The smallest absolute Gasteiger partial charge is 0.165 e. The van der Waals surface area contributed by atoms with Gasteiger partial charge in [0.05, 0.1) is 7.11 Å². The molecule has 0 saturated heterocycles. The molecule has 0 radical (unpaired) electrons. The molecule has 0 aliphatic rings. The molecular formula is C16H13BrFNO. The number of rotatable bonds is 3. The van der Waals surface area contributed by atoms with Gasteiger partial charge < -0.3 is 9.30 Å². The largest absolute Gasteiger partial charge is 0.494 e. The lowest BCUT2D eigenvalue weighted by molar-refractivity contribution is 0.386. The van der Waals surface area contributed by atoms with Crippen molar-refractivity contribution in [1.29, 1.82) is 0 Å². The van der Waals surface area contributed by atoms with Crippen molar-refractivity contribution >= 4 is 26.8 Å². The third-order valence-electron chi connectivity index (χ3n) is 3.31. The molecule has 0 N–H and O–H groups in total. The lowest BCUT2D eigenvalue weighted by atomic mass is 10.2. The van der Waals surface area contributed by atoms with E-state index in [0.29, 0.717) is 6.54 Å². The number of methoxy groups -OCH3 is 1. The Bertz CT molecular complexity index is 766. The summed E-state index contributed by atoms with van der Waals surface area (Å²) in [6, 6.07) is 13.3. The summed E-state index contributed by atoms with van der Waals surface area (Å²) in [4.78, 5) is 0. The van der Waals surface area contributed by atoms with Crippen molar-refractivity contribution in [1.82, 2.24) is 4.57 Å². The minimum atomic E-state index is -0.331. The fourth-order valence-corrected chi connectivity index (χ4v) is 2.65. The summed E-state index contributed by atoms with van der Waals surface area (Å²) >= 11 is 3.48. The molecule has 4 heteroatoms. The standard InChI is InChI=1S/C16H13BrFNO/c1-20-16-5-2-11(8-14(16)18)10-19-7-6-12-3-4-13(17)9-15(12)19/h2-9H,10H2,1H3. The molecule has 0 saturated carbocycles. The maximum Gasteiger partial charge on any atom is 0.165 e. The molecule has 0 atom stereocenters. The van der Waals surface area contributed by atoms with Gasteiger partial charge in [-0.2, -0.15) is 0 Å². The average Bonchev–Trinajstić information content (AvgIpc) is 2.82. The Morgan fingerprint density at radius 2 is 2.00 bits per heavy atom. The third-order valence-corrected chi connectivity index (χ3v) is 3.80. The summed E-state index contributed by atoms with van der Waals surface area (Å²) in [5.74, 6) is -0.0588. The van der Waals surface area contributed by atoms with E-state index in [-0.39, 0.29) is 11.6 Å². The van der Waals surface area contributed by atoms with Gasteiger partial charge in [-0.1, -0.05) is 28.1 Å². The number of aromatic nitrogens is 1. The number of ether oxygens (including phenoxy) is 1. The van der Waals surface area contributed by atoms with E-state index in [4.69, 9.17) is 4.74 Å². The van der Waals surface area contributed by atoms with Crippen molar-refractivity contribution in [2.45, 2.75) is 6.54 Å². The van der Waals surface area contributed by atoms with Gasteiger partial charge in [-0.25, -0.2) is 4.39 Å². The second-order valence-corrected chi connectivity index (χ2v) is 5.53. The highest BCUT2D eigenvalue weighted by molar-refractivity contribution is 9.10. The molecule has 0 bridgehead atoms. The van der Waals surface area contributed by atoms with Crippen LogP contribution in [0.5, 0.6) is 5.75 Å². The quantitative estimate of drug-likeness (QED) is 0.683. The maximum absolute atomic E-state index is 13.7. The molecule has 0 spiro atoms. The maximum atomic E-state index is 13.7. The molecule has 3 rings (SSSR count). The fraction of sp³-hybridized carbons (Fsp3) is 0.125. The molecule has 1 aromatic heterocycles. The van der Waals surface area contributed by atoms with Gasteiger partial charge in [-0.3, -0.25) is 0 Å². The number of hydrogen-bond acceptors (Lipinski definition) is 1. The Kier molecular flexibility index (Phi) is 3.49. The van der Waals surface area contributed by atoms with E-state index in [1.165, 1.54) is 18.6 Å². The van der Waals surface area contributed by atoms with Crippen molar-refractivity contribution in [3.63, 3.8) is 0 Å². The zero-order chi connectivity index (χ0) is 14.1. The van der Waals surface area contributed by atoms with Gasteiger partial charge in [0, 0.05) is 22.7 Å². The zero-order valence-electron chi connectivity index (χ0n) is 10.9. The van der Waals surface area contributed by atoms with Gasteiger partial charge in [0.2, 0.25) is 0 Å². The predicted molar refractivity (Wildman–Crippen MR) is 81.7 cm³/mol. The van der Waals surface area contributed by atoms with Crippen molar-refractivity contribution in [3.05, 3.63) is 64.5 Å². The average molecular weight is 334 g/mol. The van der Waals surface area contributed by atoms with Crippen molar-refractivity contribution in [2.24, 2.45) is 0 Å². The van der Waals surface area contributed by atoms with E-state index < -0.39 is 0 Å². The minimum Gasteiger partial charge on any atom is -0.494 e. The molecule has 3 aromatic rings. The van der Waals surface area contributed by atoms with Gasteiger partial charge in [0.15, 0.2) is 11.6 Å². The van der Waals surface area contributed by atoms with Gasteiger partial charge in [-0.05, 0) is 41.3 Å². The van der Waals surface area contributed by atoms with Gasteiger partial charge in [-0.15, -0.1) is 0 Å². The molecule has 2 aromatic carbocycles. The van der Waals surface area contributed by atoms with Crippen LogP contribution in [0.4, 0.5) is 4.39 Å². The van der Waals surface area contributed by atoms with Crippen LogP contribution in [0, 0.1) is 5.82 Å². The lowest BCUT2D eigenvalue weighted by Crippen LogP contribution is -1.99. The topological polar surface area (TPSA) is 14.2 Å². The van der Waals surface area contributed by atoms with Crippen LogP contribution in [0.3, 0.4) is 0 Å². The lowest BCUT2D eigenvalue weighted by Gasteiger charge is -2.08. The first-order valence-corrected chi connectivity index (χ1v) is 7.03.